The lowest BCUT2D eigenvalue weighted by Crippen LogP contribution is -2.32. The van der Waals surface area contributed by atoms with Gasteiger partial charge in [0.2, 0.25) is 0 Å². The van der Waals surface area contributed by atoms with Crippen LogP contribution < -0.4 is 0 Å². The number of Topliss-reactive ketones (excluding diaryl/α,β-unsaturated/α-hetero) is 1. The van der Waals surface area contributed by atoms with Gasteiger partial charge in [-0.05, 0) is 93.8 Å². The lowest BCUT2D eigenvalue weighted by atomic mass is 9.65. The molecular formula is C40H38O10. The highest BCUT2D eigenvalue weighted by atomic mass is 16.3. The van der Waals surface area contributed by atoms with Crippen LogP contribution in [0.2, 0.25) is 0 Å². The van der Waals surface area contributed by atoms with Gasteiger partial charge < -0.3 is 40.9 Å². The van der Waals surface area contributed by atoms with E-state index in [0.29, 0.717) is 5.56 Å². The van der Waals surface area contributed by atoms with E-state index in [1.165, 1.54) is 54.6 Å². The van der Waals surface area contributed by atoms with Crippen LogP contribution in [-0.2, 0) is 6.42 Å². The first-order chi connectivity index (χ1) is 23.7. The number of ketones is 2. The smallest absolute Gasteiger partial charge is 0.189 e. The fraction of sp³-hybridized carbons (Fsp3) is 0.200. The van der Waals surface area contributed by atoms with Gasteiger partial charge in [0.15, 0.2) is 11.6 Å². The zero-order valence-electron chi connectivity index (χ0n) is 27.6. The molecule has 0 bridgehead atoms. The minimum absolute atomic E-state index is 0.130. The molecule has 50 heavy (non-hydrogen) atoms. The number of carbonyl (C=O) groups excluding carboxylic acids is 2. The molecule has 1 aliphatic rings. The molecule has 10 nitrogen and oxygen atoms in total. The summed E-state index contributed by atoms with van der Waals surface area (Å²) in [5.74, 6) is -7.01. The molecule has 0 saturated heterocycles. The van der Waals surface area contributed by atoms with Crippen molar-refractivity contribution in [1.82, 2.24) is 0 Å². The number of carbonyl (C=O) groups is 2. The number of phenols is 8. The molecule has 0 amide bonds. The molecule has 0 heterocycles. The summed E-state index contributed by atoms with van der Waals surface area (Å²) < 4.78 is 0. The molecule has 0 fully saturated rings. The Morgan fingerprint density at radius 1 is 0.740 bits per heavy atom. The predicted molar refractivity (Wildman–Crippen MR) is 187 cm³/mol. The van der Waals surface area contributed by atoms with Gasteiger partial charge in [-0.1, -0.05) is 29.4 Å². The molecule has 0 radical (unpaired) electrons. The van der Waals surface area contributed by atoms with E-state index >= 15 is 0 Å². The Morgan fingerprint density at radius 3 is 2.04 bits per heavy atom. The molecule has 5 rings (SSSR count). The molecule has 4 aromatic carbocycles. The average molecular weight is 679 g/mol. The second-order valence-corrected chi connectivity index (χ2v) is 12.8. The van der Waals surface area contributed by atoms with Gasteiger partial charge in [-0.3, -0.25) is 9.59 Å². The van der Waals surface area contributed by atoms with E-state index in [9.17, 15) is 50.4 Å². The van der Waals surface area contributed by atoms with Crippen molar-refractivity contribution in [2.24, 2.45) is 5.92 Å². The van der Waals surface area contributed by atoms with E-state index in [1.807, 2.05) is 13.8 Å². The van der Waals surface area contributed by atoms with Crippen molar-refractivity contribution < 1.29 is 50.4 Å². The van der Waals surface area contributed by atoms with Gasteiger partial charge in [0.05, 0.1) is 11.1 Å². The number of hydrogen-bond acceptors (Lipinski definition) is 10. The maximum absolute atomic E-state index is 14.7. The molecule has 258 valence electrons. The first-order valence-corrected chi connectivity index (χ1v) is 15.9. The fourth-order valence-corrected chi connectivity index (χ4v) is 6.52. The Morgan fingerprint density at radius 2 is 1.38 bits per heavy atom. The molecular weight excluding hydrogens is 640 g/mol. The van der Waals surface area contributed by atoms with Gasteiger partial charge in [0.25, 0.3) is 0 Å². The first kappa shape index (κ1) is 35.2. The second kappa shape index (κ2) is 14.1. The van der Waals surface area contributed by atoms with E-state index in [4.69, 9.17) is 0 Å². The van der Waals surface area contributed by atoms with Crippen molar-refractivity contribution >= 4 is 17.6 Å². The highest BCUT2D eigenvalue weighted by molar-refractivity contribution is 6.09. The van der Waals surface area contributed by atoms with Crippen molar-refractivity contribution in [3.8, 4) is 46.0 Å². The zero-order chi connectivity index (χ0) is 36.4. The van der Waals surface area contributed by atoms with Crippen molar-refractivity contribution in [1.29, 1.82) is 0 Å². The zero-order valence-corrected chi connectivity index (χ0v) is 27.6. The molecule has 0 aromatic heterocycles. The van der Waals surface area contributed by atoms with Crippen molar-refractivity contribution in [3.63, 3.8) is 0 Å². The number of phenolic OH excluding ortho intramolecular Hbond substituents is 8. The van der Waals surface area contributed by atoms with Crippen LogP contribution in [0.25, 0.3) is 6.08 Å². The summed E-state index contributed by atoms with van der Waals surface area (Å²) in [6.07, 6.45) is 6.25. The van der Waals surface area contributed by atoms with E-state index in [2.05, 4.69) is 0 Å². The third-order valence-electron chi connectivity index (χ3n) is 9.00. The first-order valence-electron chi connectivity index (χ1n) is 15.9. The van der Waals surface area contributed by atoms with E-state index in [1.54, 1.807) is 19.1 Å². The molecule has 4 aromatic rings. The monoisotopic (exact) mass is 678 g/mol. The summed E-state index contributed by atoms with van der Waals surface area (Å²) in [4.78, 5) is 28.1. The summed E-state index contributed by atoms with van der Waals surface area (Å²) in [5, 5.41) is 85.5. The van der Waals surface area contributed by atoms with Crippen LogP contribution in [0.3, 0.4) is 0 Å². The SMILES string of the molecule is CC(C)=CCc1c(O)ccc(C(=O)[C@H]2C(c3c(O)ccc(C(=O)/C=C/c4ccc(O)cc4O)c3O)C=C(C)C[C@@H]2c2ccc(O)cc2O)c1O. The molecule has 0 aliphatic heterocycles. The van der Waals surface area contributed by atoms with Crippen molar-refractivity contribution in [3.05, 3.63) is 123 Å². The summed E-state index contributed by atoms with van der Waals surface area (Å²) in [5.41, 5.74) is 1.82. The van der Waals surface area contributed by atoms with Gasteiger partial charge in [0, 0.05) is 46.6 Å². The summed E-state index contributed by atoms with van der Waals surface area (Å²) in [6, 6.07) is 12.8. The fourth-order valence-electron chi connectivity index (χ4n) is 6.52. The Labute approximate surface area is 288 Å². The Kier molecular flexibility index (Phi) is 9.94. The van der Waals surface area contributed by atoms with Crippen molar-refractivity contribution in [2.45, 2.75) is 45.4 Å². The summed E-state index contributed by atoms with van der Waals surface area (Å²) in [7, 11) is 0. The lowest BCUT2D eigenvalue weighted by Gasteiger charge is -2.37. The van der Waals surface area contributed by atoms with Crippen molar-refractivity contribution in [2.75, 3.05) is 0 Å². The Hall–Kier alpha value is -6.16. The Bertz CT molecular complexity index is 2080. The van der Waals surface area contributed by atoms with Crippen LogP contribution in [-0.4, -0.2) is 52.4 Å². The molecule has 1 aliphatic carbocycles. The van der Waals surface area contributed by atoms with Gasteiger partial charge in [-0.2, -0.15) is 0 Å². The second-order valence-electron chi connectivity index (χ2n) is 12.8. The molecule has 0 spiro atoms. The van der Waals surface area contributed by atoms with E-state index in [0.717, 1.165) is 29.4 Å². The number of hydrogen-bond donors (Lipinski definition) is 8. The molecule has 8 N–H and O–H groups in total. The van der Waals surface area contributed by atoms with Crippen LogP contribution in [0.4, 0.5) is 0 Å². The minimum atomic E-state index is -1.19. The topological polar surface area (TPSA) is 196 Å². The maximum atomic E-state index is 14.7. The van der Waals surface area contributed by atoms with Crippen LogP contribution in [0.15, 0.2) is 90.0 Å². The van der Waals surface area contributed by atoms with Gasteiger partial charge >= 0.3 is 0 Å². The minimum Gasteiger partial charge on any atom is -0.508 e. The third-order valence-corrected chi connectivity index (χ3v) is 9.00. The predicted octanol–water partition coefficient (Wildman–Crippen LogP) is 7.45. The normalized spacial score (nSPS) is 17.3. The molecule has 3 atom stereocenters. The van der Waals surface area contributed by atoms with Crippen LogP contribution in [0, 0.1) is 5.92 Å². The standard InChI is InChI=1S/C40H38O10/c1-20(2)4-9-26-32(44)14-12-28(38(26)48)40(50)36-29(25-10-8-24(42)19-35(25)47)16-21(3)17-30(36)37-33(45)15-11-27(39(37)49)31(43)13-6-22-5-7-23(41)18-34(22)46/h4-8,10-15,17-19,29-30,36,41-42,44-49H,9,16H2,1-3H3/b13-6+/t29-,30?,36-/m1/s1. The number of aromatic hydroxyl groups is 8. The lowest BCUT2D eigenvalue weighted by molar-refractivity contribution is 0.0876. The highest BCUT2D eigenvalue weighted by Gasteiger charge is 2.43. The number of allylic oxidation sites excluding steroid dienone is 5. The summed E-state index contributed by atoms with van der Waals surface area (Å²) in [6.45, 7) is 5.48. The molecule has 0 saturated carbocycles. The molecule has 10 heteroatoms. The third kappa shape index (κ3) is 7.00. The van der Waals surface area contributed by atoms with Gasteiger partial charge in [-0.15, -0.1) is 0 Å². The van der Waals surface area contributed by atoms with Crippen LogP contribution in [0.1, 0.15) is 82.0 Å². The molecule has 1 unspecified atom stereocenters. The quantitative estimate of drug-likeness (QED) is 0.0500. The number of benzene rings is 4. The largest absolute Gasteiger partial charge is 0.508 e. The summed E-state index contributed by atoms with van der Waals surface area (Å²) >= 11 is 0. The highest BCUT2D eigenvalue weighted by Crippen LogP contribution is 2.53. The average Bonchev–Trinajstić information content (AvgIpc) is 3.03. The number of rotatable bonds is 9. The van der Waals surface area contributed by atoms with Gasteiger partial charge in [-0.25, -0.2) is 0 Å². The van der Waals surface area contributed by atoms with E-state index in [-0.39, 0.29) is 69.4 Å². The van der Waals surface area contributed by atoms with Crippen LogP contribution in [0.5, 0.6) is 46.0 Å². The maximum Gasteiger partial charge on any atom is 0.189 e. The van der Waals surface area contributed by atoms with Gasteiger partial charge in [0.1, 0.15) is 46.0 Å². The van der Waals surface area contributed by atoms with E-state index < -0.39 is 46.6 Å². The van der Waals surface area contributed by atoms with Crippen LogP contribution >= 0.6 is 0 Å². The Balaban J connectivity index is 1.67.